The number of aryl methyl sites for hydroxylation is 1. The molecule has 25 heavy (non-hydrogen) atoms. The van der Waals surface area contributed by atoms with E-state index in [1.54, 1.807) is 13.0 Å². The molecule has 2 aromatic carbocycles. The quantitative estimate of drug-likeness (QED) is 0.555. The highest BCUT2D eigenvalue weighted by Crippen LogP contribution is 2.33. The second-order valence-electron chi connectivity index (χ2n) is 5.03. The standard InChI is InChI=1S/C17H14Br2F2O4/c1-8-6-10(16(24-3)14(21)12(8)19)17(22)25-7-9-4-5-11(18)13(20)15(9)23-2/h4-6H,7H2,1-3H3. The van der Waals surface area contributed by atoms with E-state index >= 15 is 0 Å². The number of benzene rings is 2. The molecular weight excluding hydrogens is 466 g/mol. The normalized spacial score (nSPS) is 10.5. The Bertz CT molecular complexity index is 825. The average Bonchev–Trinajstić information content (AvgIpc) is 2.60. The lowest BCUT2D eigenvalue weighted by Gasteiger charge is -2.14. The van der Waals surface area contributed by atoms with Crippen molar-refractivity contribution in [2.75, 3.05) is 14.2 Å². The van der Waals surface area contributed by atoms with Crippen LogP contribution >= 0.6 is 31.9 Å². The molecule has 4 nitrogen and oxygen atoms in total. The zero-order valence-corrected chi connectivity index (χ0v) is 16.8. The summed E-state index contributed by atoms with van der Waals surface area (Å²) in [7, 11) is 2.57. The van der Waals surface area contributed by atoms with E-state index in [4.69, 9.17) is 14.2 Å². The molecule has 2 rings (SSSR count). The van der Waals surface area contributed by atoms with Gasteiger partial charge in [-0.1, -0.05) is 6.07 Å². The van der Waals surface area contributed by atoms with E-state index in [0.29, 0.717) is 11.1 Å². The van der Waals surface area contributed by atoms with Crippen LogP contribution in [0.2, 0.25) is 0 Å². The lowest BCUT2D eigenvalue weighted by atomic mass is 10.1. The van der Waals surface area contributed by atoms with Crippen LogP contribution in [0.15, 0.2) is 27.1 Å². The van der Waals surface area contributed by atoms with Crippen LogP contribution in [0.1, 0.15) is 21.5 Å². The van der Waals surface area contributed by atoms with Gasteiger partial charge < -0.3 is 14.2 Å². The van der Waals surface area contributed by atoms with Crippen LogP contribution in [0.4, 0.5) is 8.78 Å². The van der Waals surface area contributed by atoms with Gasteiger partial charge in [-0.3, -0.25) is 0 Å². The second-order valence-corrected chi connectivity index (χ2v) is 6.68. The number of carbonyl (C=O) groups excluding carboxylic acids is 1. The van der Waals surface area contributed by atoms with Crippen LogP contribution in [0.3, 0.4) is 0 Å². The van der Waals surface area contributed by atoms with Gasteiger partial charge in [0.2, 0.25) is 0 Å². The van der Waals surface area contributed by atoms with Gasteiger partial charge in [-0.25, -0.2) is 13.6 Å². The number of rotatable bonds is 5. The molecule has 0 saturated carbocycles. The predicted octanol–water partition coefficient (Wildman–Crippen LogP) is 5.17. The van der Waals surface area contributed by atoms with E-state index in [1.807, 2.05) is 0 Å². The number of halogens is 4. The van der Waals surface area contributed by atoms with Crippen molar-refractivity contribution in [3.63, 3.8) is 0 Å². The highest BCUT2D eigenvalue weighted by Gasteiger charge is 2.22. The van der Waals surface area contributed by atoms with Crippen LogP contribution in [0.25, 0.3) is 0 Å². The summed E-state index contributed by atoms with van der Waals surface area (Å²) in [5.74, 6) is -2.35. The second kappa shape index (κ2) is 8.14. The van der Waals surface area contributed by atoms with Gasteiger partial charge in [0.05, 0.1) is 23.2 Å². The fraction of sp³-hybridized carbons (Fsp3) is 0.235. The average molecular weight is 480 g/mol. The molecule has 0 heterocycles. The molecule has 0 spiro atoms. The number of hydrogen-bond acceptors (Lipinski definition) is 4. The summed E-state index contributed by atoms with van der Waals surface area (Å²) < 4.78 is 43.8. The lowest BCUT2D eigenvalue weighted by Crippen LogP contribution is -2.10. The zero-order valence-electron chi connectivity index (χ0n) is 13.6. The number of carbonyl (C=O) groups is 1. The Morgan fingerprint density at radius 2 is 1.72 bits per heavy atom. The van der Waals surface area contributed by atoms with Gasteiger partial charge in [-0.15, -0.1) is 0 Å². The molecule has 134 valence electrons. The highest BCUT2D eigenvalue weighted by molar-refractivity contribution is 9.10. The van der Waals surface area contributed by atoms with Crippen LogP contribution < -0.4 is 9.47 Å². The van der Waals surface area contributed by atoms with Crippen molar-refractivity contribution in [1.29, 1.82) is 0 Å². The first-order valence-corrected chi connectivity index (χ1v) is 8.61. The van der Waals surface area contributed by atoms with E-state index in [9.17, 15) is 13.6 Å². The first-order valence-electron chi connectivity index (χ1n) is 7.02. The van der Waals surface area contributed by atoms with Crippen molar-refractivity contribution in [2.45, 2.75) is 13.5 Å². The minimum atomic E-state index is -0.795. The van der Waals surface area contributed by atoms with Gasteiger partial charge in [-0.05, 0) is 56.5 Å². The Labute approximate surface area is 160 Å². The Kier molecular flexibility index (Phi) is 6.40. The van der Waals surface area contributed by atoms with Crippen LogP contribution in [-0.2, 0) is 11.3 Å². The maximum Gasteiger partial charge on any atom is 0.342 e. The number of esters is 1. The molecule has 0 fully saturated rings. The third-order valence-electron chi connectivity index (χ3n) is 3.46. The van der Waals surface area contributed by atoms with Crippen molar-refractivity contribution >= 4 is 37.8 Å². The molecule has 0 bridgehead atoms. The van der Waals surface area contributed by atoms with Crippen LogP contribution in [0.5, 0.6) is 11.5 Å². The molecule has 0 aliphatic carbocycles. The molecule has 0 amide bonds. The maximum atomic E-state index is 14.2. The monoisotopic (exact) mass is 478 g/mol. The minimum Gasteiger partial charge on any atom is -0.493 e. The molecule has 0 aliphatic heterocycles. The maximum absolute atomic E-state index is 14.2. The molecule has 0 atom stereocenters. The van der Waals surface area contributed by atoms with Gasteiger partial charge in [0.1, 0.15) is 12.2 Å². The summed E-state index contributed by atoms with van der Waals surface area (Å²) >= 11 is 6.15. The van der Waals surface area contributed by atoms with E-state index in [-0.39, 0.29) is 32.6 Å². The fourth-order valence-corrected chi connectivity index (χ4v) is 2.82. The molecule has 0 aliphatic rings. The summed E-state index contributed by atoms with van der Waals surface area (Å²) in [6.07, 6.45) is 0. The van der Waals surface area contributed by atoms with E-state index < -0.39 is 17.6 Å². The number of ether oxygens (including phenoxy) is 3. The Balaban J connectivity index is 2.29. The van der Waals surface area contributed by atoms with Gasteiger partial charge >= 0.3 is 5.97 Å². The molecule has 0 unspecified atom stereocenters. The van der Waals surface area contributed by atoms with Crippen molar-refractivity contribution in [1.82, 2.24) is 0 Å². The first-order chi connectivity index (χ1) is 11.8. The first kappa shape index (κ1) is 19.7. The van der Waals surface area contributed by atoms with E-state index in [1.165, 1.54) is 26.4 Å². The summed E-state index contributed by atoms with van der Waals surface area (Å²) in [5.41, 5.74) is 0.791. The Hall–Kier alpha value is -1.67. The minimum absolute atomic E-state index is 0.0349. The topological polar surface area (TPSA) is 44.8 Å². The predicted molar refractivity (Wildman–Crippen MR) is 95.2 cm³/mol. The molecule has 0 radical (unpaired) electrons. The SMILES string of the molecule is COc1c(COC(=O)c2cc(C)c(Br)c(F)c2OC)ccc(Br)c1F. The fourth-order valence-electron chi connectivity index (χ4n) is 2.22. The Morgan fingerprint density at radius 1 is 1.08 bits per heavy atom. The summed E-state index contributed by atoms with van der Waals surface area (Å²) in [4.78, 5) is 12.3. The van der Waals surface area contributed by atoms with Crippen molar-refractivity contribution in [3.05, 3.63) is 55.5 Å². The summed E-state index contributed by atoms with van der Waals surface area (Å²) in [5, 5.41) is 0. The largest absolute Gasteiger partial charge is 0.493 e. The highest BCUT2D eigenvalue weighted by atomic mass is 79.9. The Morgan fingerprint density at radius 3 is 2.32 bits per heavy atom. The smallest absolute Gasteiger partial charge is 0.342 e. The molecule has 0 aromatic heterocycles. The lowest BCUT2D eigenvalue weighted by molar-refractivity contribution is 0.0464. The van der Waals surface area contributed by atoms with E-state index in [0.717, 1.165) is 0 Å². The summed E-state index contributed by atoms with van der Waals surface area (Å²) in [6, 6.07) is 4.49. The molecule has 8 heteroatoms. The van der Waals surface area contributed by atoms with Crippen molar-refractivity contribution in [3.8, 4) is 11.5 Å². The van der Waals surface area contributed by atoms with Gasteiger partial charge in [0, 0.05) is 5.56 Å². The molecular formula is C17H14Br2F2O4. The van der Waals surface area contributed by atoms with E-state index in [2.05, 4.69) is 31.9 Å². The number of hydrogen-bond donors (Lipinski definition) is 0. The third-order valence-corrected chi connectivity index (χ3v) is 5.05. The molecule has 0 saturated heterocycles. The van der Waals surface area contributed by atoms with Gasteiger partial charge in [-0.2, -0.15) is 0 Å². The van der Waals surface area contributed by atoms with Crippen molar-refractivity contribution < 1.29 is 27.8 Å². The number of methoxy groups -OCH3 is 2. The van der Waals surface area contributed by atoms with Gasteiger partial charge in [0.25, 0.3) is 0 Å². The van der Waals surface area contributed by atoms with Crippen LogP contribution in [0, 0.1) is 18.6 Å². The van der Waals surface area contributed by atoms with Crippen LogP contribution in [-0.4, -0.2) is 20.2 Å². The zero-order chi connectivity index (χ0) is 18.7. The molecule has 0 N–H and O–H groups in total. The molecule has 2 aromatic rings. The van der Waals surface area contributed by atoms with Crippen molar-refractivity contribution in [2.24, 2.45) is 0 Å². The van der Waals surface area contributed by atoms with Gasteiger partial charge in [0.15, 0.2) is 23.1 Å². The summed E-state index contributed by atoms with van der Waals surface area (Å²) in [6.45, 7) is 1.39. The third kappa shape index (κ3) is 3.95.